The maximum absolute atomic E-state index is 13.6. The van der Waals surface area contributed by atoms with Gasteiger partial charge < -0.3 is 38.9 Å². The molecule has 1 fully saturated rings. The summed E-state index contributed by atoms with van der Waals surface area (Å²) in [5, 5.41) is 2.63. The Balaban J connectivity index is 1.88. The first-order valence-electron chi connectivity index (χ1n) is 13.8. The third kappa shape index (κ3) is 9.25. The number of hydrogen-bond donors (Lipinski definition) is 2. The Labute approximate surface area is 246 Å². The van der Waals surface area contributed by atoms with Gasteiger partial charge >= 0.3 is 13.7 Å². The highest BCUT2D eigenvalue weighted by Gasteiger charge is 2.36. The first kappa shape index (κ1) is 33.0. The van der Waals surface area contributed by atoms with Gasteiger partial charge in [-0.2, -0.15) is 0 Å². The Bertz CT molecular complexity index is 1260. The van der Waals surface area contributed by atoms with Gasteiger partial charge in [0.1, 0.15) is 11.7 Å². The van der Waals surface area contributed by atoms with Gasteiger partial charge in [-0.1, -0.05) is 30.3 Å². The Hall–Kier alpha value is -3.51. The van der Waals surface area contributed by atoms with E-state index in [2.05, 4.69) is 10.3 Å². The number of nitrogens with one attached hydrogen (secondary N) is 1. The number of hydrogen-bond acceptors (Lipinski definition) is 9. The number of piperazine rings is 1. The van der Waals surface area contributed by atoms with Crippen LogP contribution in [0.15, 0.2) is 42.5 Å². The van der Waals surface area contributed by atoms with Crippen molar-refractivity contribution >= 4 is 31.2 Å². The molecule has 2 aromatic rings. The number of aromatic nitrogens is 1. The van der Waals surface area contributed by atoms with Crippen molar-refractivity contribution in [1.82, 2.24) is 20.1 Å². The Morgan fingerprint density at radius 2 is 1.74 bits per heavy atom. The number of anilines is 1. The normalized spacial score (nSPS) is 15.5. The highest BCUT2D eigenvalue weighted by molar-refractivity contribution is 7.52. The van der Waals surface area contributed by atoms with E-state index in [1.54, 1.807) is 27.0 Å². The van der Waals surface area contributed by atoms with Gasteiger partial charge in [0, 0.05) is 58.1 Å². The maximum Gasteiger partial charge on any atom is 0.409 e. The van der Waals surface area contributed by atoms with Gasteiger partial charge in [0.05, 0.1) is 31.7 Å². The van der Waals surface area contributed by atoms with Crippen molar-refractivity contribution in [2.24, 2.45) is 0 Å². The molecule has 2 atom stereocenters. The molecule has 13 nitrogen and oxygen atoms in total. The van der Waals surface area contributed by atoms with Gasteiger partial charge in [-0.05, 0) is 26.0 Å². The predicted molar refractivity (Wildman–Crippen MR) is 158 cm³/mol. The average molecular weight is 606 g/mol. The van der Waals surface area contributed by atoms with Crippen molar-refractivity contribution in [3.63, 3.8) is 0 Å². The molecule has 2 heterocycles. The Morgan fingerprint density at radius 1 is 1.07 bits per heavy atom. The van der Waals surface area contributed by atoms with Crippen LogP contribution in [0.1, 0.15) is 24.3 Å². The lowest BCUT2D eigenvalue weighted by molar-refractivity contribution is -0.134. The van der Waals surface area contributed by atoms with Crippen LogP contribution in [-0.2, 0) is 23.4 Å². The van der Waals surface area contributed by atoms with Crippen molar-refractivity contribution in [3.8, 4) is 11.3 Å². The summed E-state index contributed by atoms with van der Waals surface area (Å²) in [5.74, 6) is -1.24. The molecule has 0 bridgehead atoms. The molecular weight excluding hydrogens is 565 g/mol. The van der Waals surface area contributed by atoms with Crippen LogP contribution in [0, 0.1) is 0 Å². The van der Waals surface area contributed by atoms with Crippen LogP contribution in [0.2, 0.25) is 0 Å². The summed E-state index contributed by atoms with van der Waals surface area (Å²) in [6.45, 7) is 5.28. The van der Waals surface area contributed by atoms with Gasteiger partial charge in [-0.3, -0.25) is 14.2 Å². The molecule has 0 saturated carbocycles. The van der Waals surface area contributed by atoms with Crippen molar-refractivity contribution < 1.29 is 37.8 Å². The molecule has 2 N–H and O–H groups in total. The third-order valence-electron chi connectivity index (χ3n) is 6.65. The van der Waals surface area contributed by atoms with E-state index in [9.17, 15) is 23.8 Å². The Kier molecular flexibility index (Phi) is 12.3. The van der Waals surface area contributed by atoms with E-state index in [1.165, 1.54) is 9.80 Å². The molecule has 1 aliphatic heterocycles. The van der Waals surface area contributed by atoms with Crippen molar-refractivity contribution in [3.05, 3.63) is 48.2 Å². The number of rotatable bonds is 13. The summed E-state index contributed by atoms with van der Waals surface area (Å²) in [6.07, 6.45) is -1.09. The van der Waals surface area contributed by atoms with Crippen LogP contribution in [-0.4, -0.2) is 116 Å². The number of methoxy groups -OCH3 is 1. The summed E-state index contributed by atoms with van der Waals surface area (Å²) in [6, 6.07) is 11.4. The Morgan fingerprint density at radius 3 is 2.36 bits per heavy atom. The number of ether oxygens (including phenoxy) is 2. The first-order chi connectivity index (χ1) is 20.1. The van der Waals surface area contributed by atoms with E-state index in [4.69, 9.17) is 14.0 Å². The SMILES string of the molecule is CCOC(=O)N1CCN(C(=O)C(CP(=O)(O)OCC)NC(=O)c2cc(N(C)CCOC)cc(-c3ccccc3)n2)CC1. The second-order valence-electron chi connectivity index (χ2n) is 9.65. The number of amides is 3. The number of pyridine rings is 1. The summed E-state index contributed by atoms with van der Waals surface area (Å²) in [4.78, 5) is 59.0. The van der Waals surface area contributed by atoms with Crippen molar-refractivity contribution in [1.29, 1.82) is 0 Å². The lowest BCUT2D eigenvalue weighted by Crippen LogP contribution is -2.56. The quantitative estimate of drug-likeness (QED) is 0.326. The lowest BCUT2D eigenvalue weighted by atomic mass is 10.1. The van der Waals surface area contributed by atoms with Crippen molar-refractivity contribution in [2.75, 3.05) is 77.8 Å². The van der Waals surface area contributed by atoms with Crippen molar-refractivity contribution in [2.45, 2.75) is 19.9 Å². The van der Waals surface area contributed by atoms with Gasteiger partial charge in [-0.25, -0.2) is 9.78 Å². The van der Waals surface area contributed by atoms with Gasteiger partial charge in [0.15, 0.2) is 0 Å². The molecule has 0 spiro atoms. The largest absolute Gasteiger partial charge is 0.450 e. The molecule has 0 radical (unpaired) electrons. The van der Waals surface area contributed by atoms with Gasteiger partial charge in [-0.15, -0.1) is 0 Å². The zero-order valence-electron chi connectivity index (χ0n) is 24.5. The molecule has 2 unspecified atom stereocenters. The van der Waals surface area contributed by atoms with Crippen LogP contribution in [0.25, 0.3) is 11.3 Å². The van der Waals surface area contributed by atoms with Crippen LogP contribution in [0.4, 0.5) is 10.5 Å². The molecule has 3 rings (SSSR count). The summed E-state index contributed by atoms with van der Waals surface area (Å²) in [7, 11) is -0.763. The van der Waals surface area contributed by atoms with E-state index in [0.717, 1.165) is 5.56 Å². The maximum atomic E-state index is 13.6. The number of carbonyl (C=O) groups is 3. The zero-order chi connectivity index (χ0) is 30.7. The average Bonchev–Trinajstić information content (AvgIpc) is 2.99. The van der Waals surface area contributed by atoms with Gasteiger partial charge in [0.25, 0.3) is 5.91 Å². The standard InChI is InChI=1S/C28H40N5O8P/c1-5-40-28(36)33-14-12-32(13-15-33)27(35)25(20-42(37,38)41-6-2)30-26(34)24-19-22(31(3)16-17-39-4)18-23(29-24)21-10-8-7-9-11-21/h7-11,18-19,25H,5-6,12-17,20H2,1-4H3,(H,30,34)(H,37,38). The van der Waals surface area contributed by atoms with Crippen LogP contribution >= 0.6 is 7.60 Å². The van der Waals surface area contributed by atoms with Gasteiger partial charge in [0.2, 0.25) is 5.91 Å². The zero-order valence-corrected chi connectivity index (χ0v) is 25.4. The first-order valence-corrected chi connectivity index (χ1v) is 15.6. The number of likely N-dealkylation sites (N-methyl/N-ethyl adjacent to an activating group) is 1. The fourth-order valence-electron chi connectivity index (χ4n) is 4.41. The molecule has 1 saturated heterocycles. The molecule has 1 aliphatic rings. The second-order valence-corrected chi connectivity index (χ2v) is 11.5. The number of benzene rings is 1. The molecule has 14 heteroatoms. The van der Waals surface area contributed by atoms with E-state index < -0.39 is 37.7 Å². The number of nitrogens with zero attached hydrogens (tertiary/aromatic N) is 4. The fraction of sp³-hybridized carbons (Fsp3) is 0.500. The molecular formula is C28H40N5O8P. The fourth-order valence-corrected chi connectivity index (χ4v) is 5.63. The molecule has 1 aromatic carbocycles. The lowest BCUT2D eigenvalue weighted by Gasteiger charge is -2.36. The summed E-state index contributed by atoms with van der Waals surface area (Å²) in [5.41, 5.74) is 2.07. The van der Waals surface area contributed by atoms with Crippen LogP contribution < -0.4 is 10.2 Å². The minimum atomic E-state index is -4.22. The molecule has 0 aliphatic carbocycles. The highest BCUT2D eigenvalue weighted by atomic mass is 31.2. The second kappa shape index (κ2) is 15.6. The topological polar surface area (TPSA) is 151 Å². The third-order valence-corrected chi connectivity index (χ3v) is 8.14. The summed E-state index contributed by atoms with van der Waals surface area (Å²) >= 11 is 0. The van der Waals surface area contributed by atoms with Crippen LogP contribution in [0.5, 0.6) is 0 Å². The van der Waals surface area contributed by atoms with E-state index in [0.29, 0.717) is 24.5 Å². The smallest absolute Gasteiger partial charge is 0.409 e. The van der Waals surface area contributed by atoms with E-state index in [1.807, 2.05) is 48.3 Å². The minimum Gasteiger partial charge on any atom is -0.450 e. The summed E-state index contributed by atoms with van der Waals surface area (Å²) < 4.78 is 28.0. The van der Waals surface area contributed by atoms with E-state index >= 15 is 0 Å². The number of carbonyl (C=O) groups excluding carboxylic acids is 3. The van der Waals surface area contributed by atoms with Crippen LogP contribution in [0.3, 0.4) is 0 Å². The molecule has 230 valence electrons. The molecule has 1 aromatic heterocycles. The molecule has 42 heavy (non-hydrogen) atoms. The monoisotopic (exact) mass is 605 g/mol. The predicted octanol–water partition coefficient (Wildman–Crippen LogP) is 2.45. The molecule has 3 amide bonds. The van der Waals surface area contributed by atoms with E-state index in [-0.39, 0.29) is 45.1 Å². The highest BCUT2D eigenvalue weighted by Crippen LogP contribution is 2.42. The minimum absolute atomic E-state index is 0.0322.